The minimum absolute atomic E-state index is 0.103. The van der Waals surface area contributed by atoms with Crippen molar-refractivity contribution in [2.45, 2.75) is 18.2 Å². The molecule has 0 bridgehead atoms. The van der Waals surface area contributed by atoms with Crippen LogP contribution in [0.15, 0.2) is 62.6 Å². The average molecular weight is 436 g/mol. The van der Waals surface area contributed by atoms with Gasteiger partial charge in [-0.2, -0.15) is 0 Å². The summed E-state index contributed by atoms with van der Waals surface area (Å²) in [4.78, 5) is 12.1. The normalized spacial score (nSPS) is 12.0. The van der Waals surface area contributed by atoms with Gasteiger partial charge in [0.15, 0.2) is 0 Å². The van der Waals surface area contributed by atoms with Gasteiger partial charge < -0.3 is 9.73 Å². The van der Waals surface area contributed by atoms with E-state index >= 15 is 0 Å². The van der Waals surface area contributed by atoms with Gasteiger partial charge in [-0.3, -0.25) is 4.79 Å². The molecule has 5 nitrogen and oxygen atoms in total. The van der Waals surface area contributed by atoms with E-state index in [2.05, 4.69) is 31.4 Å². The average Bonchev–Trinajstić information content (AvgIpc) is 3.10. The summed E-state index contributed by atoms with van der Waals surface area (Å²) in [7, 11) is 0. The Bertz CT molecular complexity index is 884. The van der Waals surface area contributed by atoms with Crippen molar-refractivity contribution in [2.75, 3.05) is 5.75 Å². The van der Waals surface area contributed by atoms with E-state index < -0.39 is 0 Å². The van der Waals surface area contributed by atoms with Crippen LogP contribution in [0.25, 0.3) is 11.5 Å². The maximum Gasteiger partial charge on any atom is 0.277 e. The van der Waals surface area contributed by atoms with Gasteiger partial charge in [-0.05, 0) is 48.9 Å². The number of halogens is 2. The van der Waals surface area contributed by atoms with Crippen molar-refractivity contribution in [3.8, 4) is 11.5 Å². The molecule has 0 radical (unpaired) electrons. The predicted octanol–water partition coefficient (Wildman–Crippen LogP) is 4.61. The lowest BCUT2D eigenvalue weighted by Gasteiger charge is -2.13. The van der Waals surface area contributed by atoms with Crippen LogP contribution in [0.4, 0.5) is 4.39 Å². The first-order chi connectivity index (χ1) is 12.5. The van der Waals surface area contributed by atoms with Crippen molar-refractivity contribution in [2.24, 2.45) is 0 Å². The van der Waals surface area contributed by atoms with Crippen LogP contribution in [0.1, 0.15) is 18.5 Å². The lowest BCUT2D eigenvalue weighted by Crippen LogP contribution is -2.28. The van der Waals surface area contributed by atoms with E-state index in [9.17, 15) is 9.18 Å². The second kappa shape index (κ2) is 8.46. The van der Waals surface area contributed by atoms with Gasteiger partial charge in [0.2, 0.25) is 11.8 Å². The Labute approximate surface area is 162 Å². The molecule has 8 heteroatoms. The van der Waals surface area contributed by atoms with Gasteiger partial charge in [-0.25, -0.2) is 4.39 Å². The summed E-state index contributed by atoms with van der Waals surface area (Å²) in [6.07, 6.45) is 0. The number of rotatable bonds is 6. The summed E-state index contributed by atoms with van der Waals surface area (Å²) in [5.41, 5.74) is 1.64. The fourth-order valence-corrected chi connectivity index (χ4v) is 3.06. The van der Waals surface area contributed by atoms with Crippen molar-refractivity contribution in [1.82, 2.24) is 15.5 Å². The Morgan fingerprint density at radius 1 is 1.19 bits per heavy atom. The minimum atomic E-state index is -0.334. The van der Waals surface area contributed by atoms with Crippen LogP contribution in [-0.2, 0) is 4.79 Å². The molecule has 1 amide bonds. The molecule has 0 saturated heterocycles. The van der Waals surface area contributed by atoms with E-state index in [0.717, 1.165) is 21.8 Å². The van der Waals surface area contributed by atoms with Gasteiger partial charge in [0.05, 0.1) is 11.8 Å². The second-order valence-electron chi connectivity index (χ2n) is 5.51. The number of nitrogens with one attached hydrogen (secondary N) is 1. The zero-order chi connectivity index (χ0) is 18.5. The molecule has 0 saturated carbocycles. The SMILES string of the molecule is C[C@H](NC(=O)CSc1nnc(-c2ccc(F)cc2)o1)c1ccc(Br)cc1. The van der Waals surface area contributed by atoms with E-state index in [0.29, 0.717) is 5.56 Å². The molecule has 1 aromatic heterocycles. The van der Waals surface area contributed by atoms with Crippen LogP contribution in [0.2, 0.25) is 0 Å². The third kappa shape index (κ3) is 4.92. The molecular formula is C18H15BrFN3O2S. The zero-order valence-corrected chi connectivity index (χ0v) is 16.2. The minimum Gasteiger partial charge on any atom is -0.411 e. The molecule has 0 aliphatic rings. The smallest absolute Gasteiger partial charge is 0.277 e. The zero-order valence-electron chi connectivity index (χ0n) is 13.8. The lowest BCUT2D eigenvalue weighted by atomic mass is 10.1. The van der Waals surface area contributed by atoms with Gasteiger partial charge in [0.25, 0.3) is 5.22 Å². The Morgan fingerprint density at radius 3 is 2.58 bits per heavy atom. The van der Waals surface area contributed by atoms with Gasteiger partial charge in [0, 0.05) is 10.0 Å². The van der Waals surface area contributed by atoms with E-state index in [1.807, 2.05) is 31.2 Å². The molecule has 0 aliphatic heterocycles. The Kier molecular flexibility index (Phi) is 6.05. The largest absolute Gasteiger partial charge is 0.411 e. The summed E-state index contributed by atoms with van der Waals surface area (Å²) in [5.74, 6) is -0.0196. The molecular weight excluding hydrogens is 421 g/mol. The molecule has 0 unspecified atom stereocenters. The second-order valence-corrected chi connectivity index (χ2v) is 7.35. The number of carbonyl (C=O) groups excluding carboxylic acids is 1. The highest BCUT2D eigenvalue weighted by atomic mass is 79.9. The first kappa shape index (κ1) is 18.6. The van der Waals surface area contributed by atoms with Crippen molar-refractivity contribution in [3.63, 3.8) is 0 Å². The summed E-state index contributed by atoms with van der Waals surface area (Å²) < 4.78 is 19.4. The van der Waals surface area contributed by atoms with Crippen LogP contribution in [0.3, 0.4) is 0 Å². The number of hydrogen-bond donors (Lipinski definition) is 1. The number of hydrogen-bond acceptors (Lipinski definition) is 5. The summed E-state index contributed by atoms with van der Waals surface area (Å²) in [5, 5.41) is 11.0. The molecule has 3 rings (SSSR count). The maximum absolute atomic E-state index is 12.9. The number of carbonyl (C=O) groups is 1. The van der Waals surface area contributed by atoms with Crippen molar-refractivity contribution in [1.29, 1.82) is 0 Å². The van der Waals surface area contributed by atoms with E-state index in [1.54, 1.807) is 12.1 Å². The topological polar surface area (TPSA) is 68.0 Å². The summed E-state index contributed by atoms with van der Waals surface area (Å²) >= 11 is 4.54. The van der Waals surface area contributed by atoms with Crippen LogP contribution in [-0.4, -0.2) is 21.9 Å². The molecule has 0 aliphatic carbocycles. The third-order valence-electron chi connectivity index (χ3n) is 3.57. The molecule has 0 spiro atoms. The van der Waals surface area contributed by atoms with Gasteiger partial charge in [-0.15, -0.1) is 10.2 Å². The van der Waals surface area contributed by atoms with Gasteiger partial charge in [0.1, 0.15) is 5.82 Å². The van der Waals surface area contributed by atoms with E-state index in [1.165, 1.54) is 12.1 Å². The molecule has 26 heavy (non-hydrogen) atoms. The number of amides is 1. The molecule has 134 valence electrons. The maximum atomic E-state index is 12.9. The van der Waals surface area contributed by atoms with Crippen LogP contribution in [0, 0.1) is 5.82 Å². The number of benzene rings is 2. The van der Waals surface area contributed by atoms with Crippen molar-refractivity contribution < 1.29 is 13.6 Å². The number of nitrogens with zero attached hydrogens (tertiary/aromatic N) is 2. The monoisotopic (exact) mass is 435 g/mol. The predicted molar refractivity (Wildman–Crippen MR) is 101 cm³/mol. The highest BCUT2D eigenvalue weighted by Gasteiger charge is 2.13. The molecule has 3 aromatic rings. The highest BCUT2D eigenvalue weighted by molar-refractivity contribution is 9.10. The number of thioether (sulfide) groups is 1. The highest BCUT2D eigenvalue weighted by Crippen LogP contribution is 2.23. The van der Waals surface area contributed by atoms with Crippen LogP contribution >= 0.6 is 27.7 Å². The molecule has 0 fully saturated rings. The van der Waals surface area contributed by atoms with E-state index in [4.69, 9.17) is 4.42 Å². The molecule has 2 aromatic carbocycles. The van der Waals surface area contributed by atoms with E-state index in [-0.39, 0.29) is 34.6 Å². The Hall–Kier alpha value is -2.19. The molecule has 1 heterocycles. The first-order valence-corrected chi connectivity index (χ1v) is 9.56. The van der Waals surface area contributed by atoms with Crippen LogP contribution < -0.4 is 5.32 Å². The fraction of sp³-hybridized carbons (Fsp3) is 0.167. The number of aromatic nitrogens is 2. The summed E-state index contributed by atoms with van der Waals surface area (Å²) in [6.45, 7) is 1.92. The Balaban J connectivity index is 1.53. The van der Waals surface area contributed by atoms with Crippen LogP contribution in [0.5, 0.6) is 0 Å². The Morgan fingerprint density at radius 2 is 1.88 bits per heavy atom. The summed E-state index contributed by atoms with van der Waals surface area (Å²) in [6, 6.07) is 13.4. The standard InChI is InChI=1S/C18H15BrFN3O2S/c1-11(12-2-6-14(19)7-3-12)21-16(24)10-26-18-23-22-17(25-18)13-4-8-15(20)9-5-13/h2-9,11H,10H2,1H3,(H,21,24)/t11-/m0/s1. The lowest BCUT2D eigenvalue weighted by molar-refractivity contribution is -0.119. The first-order valence-electron chi connectivity index (χ1n) is 7.78. The molecule has 1 atom stereocenters. The van der Waals surface area contributed by atoms with Crippen molar-refractivity contribution in [3.05, 3.63) is 64.4 Å². The quantitative estimate of drug-likeness (QED) is 0.572. The van der Waals surface area contributed by atoms with Gasteiger partial charge in [-0.1, -0.05) is 39.8 Å². The van der Waals surface area contributed by atoms with Gasteiger partial charge >= 0.3 is 0 Å². The third-order valence-corrected chi connectivity index (χ3v) is 4.92. The molecule has 1 N–H and O–H groups in total. The fourth-order valence-electron chi connectivity index (χ4n) is 2.22. The van der Waals surface area contributed by atoms with Crippen molar-refractivity contribution >= 4 is 33.6 Å².